The molecule has 0 radical (unpaired) electrons. The summed E-state index contributed by atoms with van der Waals surface area (Å²) >= 11 is 0. The van der Waals surface area contributed by atoms with Gasteiger partial charge in [-0.2, -0.15) is 0 Å². The molecule has 1 aliphatic carbocycles. The number of rotatable bonds is 13. The number of aryl methyl sites for hydroxylation is 1. The summed E-state index contributed by atoms with van der Waals surface area (Å²) in [6.45, 7) is 5.04. The standard InChI is InChI=1S/C30H41F2NO/c1-4-6-7-8-9-13-19-30(20-14-21-30)27(24-15-11-10-12-16-24)33-28(34)26-18-17-25(29(3,31)32)22-23(26)5-2/h10-12,15-18,22,27H,4-9,13-14,19-21H2,1-3H3,(H,33,34). The molecule has 2 aromatic carbocycles. The lowest BCUT2D eigenvalue weighted by atomic mass is 9.60. The van der Waals surface area contributed by atoms with Gasteiger partial charge in [-0.15, -0.1) is 0 Å². The summed E-state index contributed by atoms with van der Waals surface area (Å²) in [7, 11) is 0. The summed E-state index contributed by atoms with van der Waals surface area (Å²) in [6, 6.07) is 14.7. The zero-order chi connectivity index (χ0) is 24.6. The van der Waals surface area contributed by atoms with Crippen LogP contribution in [0, 0.1) is 5.41 Å². The lowest BCUT2D eigenvalue weighted by molar-refractivity contribution is 0.0173. The van der Waals surface area contributed by atoms with E-state index in [1.807, 2.05) is 25.1 Å². The van der Waals surface area contributed by atoms with E-state index in [1.165, 1.54) is 57.1 Å². The van der Waals surface area contributed by atoms with E-state index in [4.69, 9.17) is 0 Å². The Kier molecular flexibility index (Phi) is 9.27. The molecule has 3 rings (SSSR count). The Labute approximate surface area is 204 Å². The third kappa shape index (κ3) is 6.46. The Balaban J connectivity index is 1.81. The average molecular weight is 470 g/mol. The maximum atomic E-state index is 13.9. The van der Waals surface area contributed by atoms with Gasteiger partial charge in [-0.05, 0) is 54.4 Å². The Morgan fingerprint density at radius 2 is 1.68 bits per heavy atom. The number of hydrogen-bond donors (Lipinski definition) is 1. The Morgan fingerprint density at radius 1 is 1.00 bits per heavy atom. The molecule has 1 amide bonds. The smallest absolute Gasteiger partial charge is 0.270 e. The minimum absolute atomic E-state index is 0.0426. The molecule has 1 fully saturated rings. The number of carbonyl (C=O) groups is 1. The van der Waals surface area contributed by atoms with Crippen LogP contribution in [-0.4, -0.2) is 5.91 Å². The van der Waals surface area contributed by atoms with Crippen molar-refractivity contribution >= 4 is 5.91 Å². The van der Waals surface area contributed by atoms with E-state index < -0.39 is 5.92 Å². The first-order valence-corrected chi connectivity index (χ1v) is 13.2. The number of carbonyl (C=O) groups excluding carboxylic acids is 1. The summed E-state index contributed by atoms with van der Waals surface area (Å²) in [4.78, 5) is 13.5. The molecule has 0 heterocycles. The summed E-state index contributed by atoms with van der Waals surface area (Å²) in [6.07, 6.45) is 12.6. The van der Waals surface area contributed by atoms with Crippen LogP contribution in [0.25, 0.3) is 0 Å². The zero-order valence-electron chi connectivity index (χ0n) is 21.1. The number of benzene rings is 2. The highest BCUT2D eigenvalue weighted by atomic mass is 19.3. The summed E-state index contributed by atoms with van der Waals surface area (Å²) < 4.78 is 27.7. The van der Waals surface area contributed by atoms with Gasteiger partial charge in [0, 0.05) is 18.1 Å². The molecule has 1 N–H and O–H groups in total. The molecule has 4 heteroatoms. The Hall–Kier alpha value is -2.23. The number of hydrogen-bond acceptors (Lipinski definition) is 1. The first-order chi connectivity index (χ1) is 16.3. The van der Waals surface area contributed by atoms with Crippen LogP contribution < -0.4 is 5.32 Å². The van der Waals surface area contributed by atoms with Crippen LogP contribution in [0.2, 0.25) is 0 Å². The molecule has 0 aromatic heterocycles. The molecule has 0 saturated heterocycles. The van der Waals surface area contributed by atoms with Crippen molar-refractivity contribution in [2.45, 2.75) is 103 Å². The van der Waals surface area contributed by atoms with E-state index >= 15 is 0 Å². The largest absolute Gasteiger partial charge is 0.345 e. The Bertz CT molecular complexity index is 915. The monoisotopic (exact) mass is 469 g/mol. The maximum absolute atomic E-state index is 13.9. The molecule has 186 valence electrons. The third-order valence-corrected chi connectivity index (χ3v) is 7.64. The molecule has 0 aliphatic heterocycles. The topological polar surface area (TPSA) is 29.1 Å². The zero-order valence-corrected chi connectivity index (χ0v) is 21.1. The van der Waals surface area contributed by atoms with E-state index in [-0.39, 0.29) is 22.9 Å². The van der Waals surface area contributed by atoms with Gasteiger partial charge in [0.05, 0.1) is 6.04 Å². The molecule has 34 heavy (non-hydrogen) atoms. The number of nitrogens with one attached hydrogen (secondary N) is 1. The van der Waals surface area contributed by atoms with Crippen LogP contribution in [0.5, 0.6) is 0 Å². The number of halogens is 2. The molecule has 1 aliphatic rings. The fourth-order valence-corrected chi connectivity index (χ4v) is 5.40. The van der Waals surface area contributed by atoms with Gasteiger partial charge in [0.1, 0.15) is 0 Å². The van der Waals surface area contributed by atoms with Crippen LogP contribution in [-0.2, 0) is 12.3 Å². The van der Waals surface area contributed by atoms with Crippen molar-refractivity contribution in [3.63, 3.8) is 0 Å². The van der Waals surface area contributed by atoms with Crippen molar-refractivity contribution in [3.8, 4) is 0 Å². The van der Waals surface area contributed by atoms with Crippen molar-refractivity contribution in [3.05, 3.63) is 70.8 Å². The summed E-state index contributed by atoms with van der Waals surface area (Å²) in [5, 5.41) is 3.36. The van der Waals surface area contributed by atoms with Gasteiger partial charge in [0.25, 0.3) is 11.8 Å². The quantitative estimate of drug-likeness (QED) is 0.292. The van der Waals surface area contributed by atoms with Crippen LogP contribution in [0.15, 0.2) is 48.5 Å². The van der Waals surface area contributed by atoms with E-state index in [2.05, 4.69) is 24.4 Å². The molecule has 0 spiro atoms. The second-order valence-electron chi connectivity index (χ2n) is 10.2. The molecule has 1 saturated carbocycles. The fourth-order valence-electron chi connectivity index (χ4n) is 5.40. The van der Waals surface area contributed by atoms with Crippen molar-refractivity contribution < 1.29 is 13.6 Å². The molecule has 2 aromatic rings. The molecule has 1 unspecified atom stereocenters. The highest BCUT2D eigenvalue weighted by Crippen LogP contribution is 2.54. The molecule has 0 bridgehead atoms. The first kappa shape index (κ1) is 26.4. The second-order valence-corrected chi connectivity index (χ2v) is 10.2. The van der Waals surface area contributed by atoms with Gasteiger partial charge in [0.2, 0.25) is 0 Å². The second kappa shape index (κ2) is 12.0. The molecule has 2 nitrogen and oxygen atoms in total. The SMILES string of the molecule is CCCCCCCCC1(C(NC(=O)c2ccc(C(C)(F)F)cc2CC)c2ccccc2)CCC1. The number of alkyl halides is 2. The molecular weight excluding hydrogens is 428 g/mol. The van der Waals surface area contributed by atoms with E-state index in [1.54, 1.807) is 6.07 Å². The predicted octanol–water partition coefficient (Wildman–Crippen LogP) is 8.75. The minimum Gasteiger partial charge on any atom is -0.345 e. The van der Waals surface area contributed by atoms with Crippen LogP contribution >= 0.6 is 0 Å². The number of amides is 1. The average Bonchev–Trinajstić information content (AvgIpc) is 2.81. The van der Waals surface area contributed by atoms with Gasteiger partial charge in [0.15, 0.2) is 0 Å². The minimum atomic E-state index is -2.92. The fraction of sp³-hybridized carbons (Fsp3) is 0.567. The third-order valence-electron chi connectivity index (χ3n) is 7.64. The van der Waals surface area contributed by atoms with Crippen LogP contribution in [0.4, 0.5) is 8.78 Å². The number of unbranched alkanes of at least 4 members (excludes halogenated alkanes) is 5. The lowest BCUT2D eigenvalue weighted by Crippen LogP contribution is -2.45. The predicted molar refractivity (Wildman–Crippen MR) is 136 cm³/mol. The summed E-state index contributed by atoms with van der Waals surface area (Å²) in [5.74, 6) is -3.08. The van der Waals surface area contributed by atoms with E-state index in [0.717, 1.165) is 31.7 Å². The van der Waals surface area contributed by atoms with Crippen molar-refractivity contribution in [1.82, 2.24) is 5.32 Å². The highest BCUT2D eigenvalue weighted by molar-refractivity contribution is 5.96. The lowest BCUT2D eigenvalue weighted by Gasteiger charge is -2.48. The van der Waals surface area contributed by atoms with Gasteiger partial charge in [-0.1, -0.05) is 95.2 Å². The van der Waals surface area contributed by atoms with Crippen molar-refractivity contribution in [1.29, 1.82) is 0 Å². The van der Waals surface area contributed by atoms with Gasteiger partial charge in [-0.3, -0.25) is 4.79 Å². The first-order valence-electron chi connectivity index (χ1n) is 13.2. The highest BCUT2D eigenvalue weighted by Gasteiger charge is 2.45. The van der Waals surface area contributed by atoms with Crippen molar-refractivity contribution in [2.24, 2.45) is 5.41 Å². The van der Waals surface area contributed by atoms with Gasteiger partial charge < -0.3 is 5.32 Å². The van der Waals surface area contributed by atoms with E-state index in [9.17, 15) is 13.6 Å². The summed E-state index contributed by atoms with van der Waals surface area (Å²) in [5.41, 5.74) is 2.34. The Morgan fingerprint density at radius 3 is 2.26 bits per heavy atom. The molecular formula is C30H41F2NO. The molecule has 1 atom stereocenters. The normalized spacial score (nSPS) is 16.0. The van der Waals surface area contributed by atoms with Gasteiger partial charge >= 0.3 is 0 Å². The van der Waals surface area contributed by atoms with Crippen molar-refractivity contribution in [2.75, 3.05) is 0 Å². The van der Waals surface area contributed by atoms with E-state index in [0.29, 0.717) is 17.5 Å². The van der Waals surface area contributed by atoms with Crippen LogP contribution in [0.1, 0.15) is 118 Å². The van der Waals surface area contributed by atoms with Gasteiger partial charge in [-0.25, -0.2) is 8.78 Å². The van der Waals surface area contributed by atoms with Crippen LogP contribution in [0.3, 0.4) is 0 Å². The maximum Gasteiger partial charge on any atom is 0.270 e.